The van der Waals surface area contributed by atoms with Crippen molar-refractivity contribution < 1.29 is 24.5 Å². The molecule has 0 spiro atoms. The van der Waals surface area contributed by atoms with Gasteiger partial charge in [-0.1, -0.05) is 88.8 Å². The van der Waals surface area contributed by atoms with Crippen molar-refractivity contribution in [2.45, 2.75) is 6.92 Å². The SMILES string of the molecule is Cc1cccc2oc3c(-c4ccccn4)[c-]ccc3c12.[Ir].[c-]1cc(-c2ccccc2)ccc1-c1ccccn1. The summed E-state index contributed by atoms with van der Waals surface area (Å²) in [4.78, 5) is 8.72. The summed E-state index contributed by atoms with van der Waals surface area (Å²) in [6.07, 6.45) is 3.59. The molecule has 3 nitrogen and oxygen atoms in total. The number of nitrogens with zero attached hydrogens (tertiary/aromatic N) is 2. The third-order valence-electron chi connectivity index (χ3n) is 6.45. The third kappa shape index (κ3) is 5.58. The minimum Gasteiger partial charge on any atom is -0.501 e. The Kier molecular flexibility index (Phi) is 8.07. The van der Waals surface area contributed by atoms with Crippen molar-refractivity contribution in [3.63, 3.8) is 0 Å². The number of hydrogen-bond acceptors (Lipinski definition) is 3. The molecule has 0 aliphatic heterocycles. The van der Waals surface area contributed by atoms with Crippen LogP contribution in [0.15, 0.2) is 132 Å². The largest absolute Gasteiger partial charge is 0.501 e. The van der Waals surface area contributed by atoms with Crippen LogP contribution >= 0.6 is 0 Å². The molecule has 1 radical (unpaired) electrons. The normalized spacial score (nSPS) is 10.5. The fraction of sp³-hybridized carbons (Fsp3) is 0.0286. The Balaban J connectivity index is 0.000000155. The van der Waals surface area contributed by atoms with Gasteiger partial charge in [-0.25, -0.2) is 0 Å². The molecule has 191 valence electrons. The molecule has 0 saturated carbocycles. The van der Waals surface area contributed by atoms with Crippen LogP contribution in [0, 0.1) is 19.1 Å². The minimum atomic E-state index is 0. The van der Waals surface area contributed by atoms with E-state index in [2.05, 4.69) is 65.4 Å². The Bertz CT molecular complexity index is 1740. The summed E-state index contributed by atoms with van der Waals surface area (Å²) in [6.45, 7) is 2.11. The number of furan rings is 1. The molecule has 7 aromatic rings. The first-order chi connectivity index (χ1) is 18.8. The van der Waals surface area contributed by atoms with Crippen LogP contribution in [0.3, 0.4) is 0 Å². The maximum Gasteiger partial charge on any atom is 0.121 e. The summed E-state index contributed by atoms with van der Waals surface area (Å²) >= 11 is 0. The molecule has 0 saturated heterocycles. The smallest absolute Gasteiger partial charge is 0.121 e. The number of aromatic nitrogens is 2. The van der Waals surface area contributed by atoms with Crippen LogP contribution < -0.4 is 0 Å². The van der Waals surface area contributed by atoms with Crippen LogP contribution in [0.4, 0.5) is 0 Å². The van der Waals surface area contributed by atoms with E-state index in [4.69, 9.17) is 4.42 Å². The molecule has 3 heterocycles. The molecule has 39 heavy (non-hydrogen) atoms. The third-order valence-corrected chi connectivity index (χ3v) is 6.45. The second-order valence-corrected chi connectivity index (χ2v) is 8.93. The zero-order chi connectivity index (χ0) is 25.7. The van der Waals surface area contributed by atoms with Gasteiger partial charge in [0.15, 0.2) is 0 Å². The Hall–Kier alpha value is -4.37. The molecule has 0 aliphatic carbocycles. The van der Waals surface area contributed by atoms with Gasteiger partial charge < -0.3 is 14.4 Å². The molecule has 0 atom stereocenters. The zero-order valence-electron chi connectivity index (χ0n) is 21.3. The molecular weight excluding hydrogens is 657 g/mol. The monoisotopic (exact) mass is 681 g/mol. The topological polar surface area (TPSA) is 38.9 Å². The number of hydrogen-bond donors (Lipinski definition) is 0. The predicted molar refractivity (Wildman–Crippen MR) is 154 cm³/mol. The van der Waals surface area contributed by atoms with Crippen LogP contribution in [0.2, 0.25) is 0 Å². The average Bonchev–Trinajstić information content (AvgIpc) is 3.39. The van der Waals surface area contributed by atoms with Gasteiger partial charge in [0.1, 0.15) is 5.58 Å². The van der Waals surface area contributed by atoms with Gasteiger partial charge in [0, 0.05) is 37.9 Å². The van der Waals surface area contributed by atoms with E-state index in [9.17, 15) is 0 Å². The minimum absolute atomic E-state index is 0. The summed E-state index contributed by atoms with van der Waals surface area (Å²) in [5.41, 5.74) is 9.16. The van der Waals surface area contributed by atoms with Gasteiger partial charge in [-0.2, -0.15) is 0 Å². The Labute approximate surface area is 241 Å². The summed E-state index contributed by atoms with van der Waals surface area (Å²) in [6, 6.07) is 44.9. The molecule has 0 unspecified atom stereocenters. The van der Waals surface area contributed by atoms with E-state index in [1.165, 1.54) is 22.1 Å². The van der Waals surface area contributed by atoms with Crippen LogP contribution in [-0.2, 0) is 20.1 Å². The molecule has 0 aliphatic rings. The van der Waals surface area contributed by atoms with Crippen LogP contribution in [0.5, 0.6) is 0 Å². The maximum atomic E-state index is 6.05. The van der Waals surface area contributed by atoms with Crippen molar-refractivity contribution in [1.82, 2.24) is 9.97 Å². The number of pyridine rings is 2. The summed E-state index contributed by atoms with van der Waals surface area (Å²) in [7, 11) is 0. The molecule has 4 heteroatoms. The quantitative estimate of drug-likeness (QED) is 0.175. The predicted octanol–water partition coefficient (Wildman–Crippen LogP) is 8.97. The summed E-state index contributed by atoms with van der Waals surface area (Å²) < 4.78 is 6.05. The number of benzene rings is 4. The van der Waals surface area contributed by atoms with Gasteiger partial charge >= 0.3 is 0 Å². The second kappa shape index (κ2) is 12.0. The van der Waals surface area contributed by atoms with Crippen molar-refractivity contribution in [1.29, 1.82) is 0 Å². The van der Waals surface area contributed by atoms with E-state index >= 15 is 0 Å². The van der Waals surface area contributed by atoms with E-state index in [1.54, 1.807) is 12.4 Å². The van der Waals surface area contributed by atoms with Crippen molar-refractivity contribution >= 4 is 21.9 Å². The van der Waals surface area contributed by atoms with Crippen molar-refractivity contribution in [2.75, 3.05) is 0 Å². The molecule has 0 N–H and O–H groups in total. The molecule has 0 fully saturated rings. The fourth-order valence-corrected chi connectivity index (χ4v) is 4.59. The molecule has 0 bridgehead atoms. The van der Waals surface area contributed by atoms with E-state index in [0.29, 0.717) is 0 Å². The van der Waals surface area contributed by atoms with E-state index in [-0.39, 0.29) is 20.1 Å². The number of fused-ring (bicyclic) bond motifs is 3. The first-order valence-corrected chi connectivity index (χ1v) is 12.5. The van der Waals surface area contributed by atoms with Crippen molar-refractivity contribution in [2.24, 2.45) is 0 Å². The second-order valence-electron chi connectivity index (χ2n) is 8.93. The Morgan fingerprint density at radius 1 is 0.641 bits per heavy atom. The molecular formula is C35H24IrN2O-2. The first kappa shape index (κ1) is 26.2. The van der Waals surface area contributed by atoms with Crippen molar-refractivity contribution in [3.8, 4) is 33.6 Å². The molecule has 3 aromatic heterocycles. The maximum absolute atomic E-state index is 6.05. The van der Waals surface area contributed by atoms with Crippen molar-refractivity contribution in [3.05, 3.63) is 145 Å². The van der Waals surface area contributed by atoms with Gasteiger partial charge in [-0.3, -0.25) is 0 Å². The molecule has 7 rings (SSSR count). The molecule has 0 amide bonds. The Morgan fingerprint density at radius 3 is 2.08 bits per heavy atom. The summed E-state index contributed by atoms with van der Waals surface area (Å²) in [5, 5.41) is 2.30. The standard InChI is InChI=1S/C18H12NO.C17H12N.Ir/c1-12-6-4-10-16-17(12)14-8-5-7-13(18(14)20-16)15-9-2-3-11-19-15;1-2-6-14(7-3-1)15-9-11-16(12-10-15)17-8-4-5-13-18-17;/h2-6,8-11H,1H3;1-11,13H;/q2*-1;. The number of rotatable bonds is 3. The van der Waals surface area contributed by atoms with Crippen LogP contribution in [0.1, 0.15) is 5.56 Å². The van der Waals surface area contributed by atoms with Crippen LogP contribution in [-0.4, -0.2) is 9.97 Å². The van der Waals surface area contributed by atoms with E-state index in [0.717, 1.165) is 39.1 Å². The van der Waals surface area contributed by atoms with Gasteiger partial charge in [-0.05, 0) is 42.1 Å². The Morgan fingerprint density at radius 2 is 1.38 bits per heavy atom. The van der Waals surface area contributed by atoms with E-state index < -0.39 is 0 Å². The average molecular weight is 681 g/mol. The molecule has 4 aromatic carbocycles. The summed E-state index contributed by atoms with van der Waals surface area (Å²) in [5.74, 6) is 0. The fourth-order valence-electron chi connectivity index (χ4n) is 4.59. The van der Waals surface area contributed by atoms with Gasteiger partial charge in [0.25, 0.3) is 0 Å². The van der Waals surface area contributed by atoms with E-state index in [1.807, 2.05) is 78.9 Å². The van der Waals surface area contributed by atoms with Gasteiger partial charge in [-0.15, -0.1) is 48.0 Å². The van der Waals surface area contributed by atoms with Gasteiger partial charge in [0.05, 0.1) is 5.58 Å². The number of aryl methyl sites for hydroxylation is 1. The zero-order valence-corrected chi connectivity index (χ0v) is 23.7. The van der Waals surface area contributed by atoms with Crippen LogP contribution in [0.25, 0.3) is 55.6 Å². The first-order valence-electron chi connectivity index (χ1n) is 12.5. The van der Waals surface area contributed by atoms with Gasteiger partial charge in [0.2, 0.25) is 0 Å².